The van der Waals surface area contributed by atoms with Gasteiger partial charge in [-0.1, -0.05) is 19.4 Å². The zero-order valence-corrected chi connectivity index (χ0v) is 10.0. The highest BCUT2D eigenvalue weighted by Crippen LogP contribution is 2.35. The summed E-state index contributed by atoms with van der Waals surface area (Å²) in [5.74, 6) is 1.22. The molecule has 3 nitrogen and oxygen atoms in total. The minimum absolute atomic E-state index is 0.140. The molecule has 0 radical (unpaired) electrons. The maximum atomic E-state index is 11.5. The number of imide groups is 1. The Bertz CT molecular complexity index is 345. The summed E-state index contributed by atoms with van der Waals surface area (Å²) in [6.07, 6.45) is 4.63. The summed E-state index contributed by atoms with van der Waals surface area (Å²) in [4.78, 5) is 22.6. The van der Waals surface area contributed by atoms with Gasteiger partial charge >= 0.3 is 0 Å². The Hall–Kier alpha value is -1.12. The molecular formula is C13H19NO2. The number of carbonyl (C=O) groups is 2. The third kappa shape index (κ3) is 2.18. The zero-order chi connectivity index (χ0) is 11.7. The summed E-state index contributed by atoms with van der Waals surface area (Å²) in [7, 11) is 0. The fourth-order valence-electron chi connectivity index (χ4n) is 2.73. The largest absolute Gasteiger partial charge is 0.292 e. The maximum absolute atomic E-state index is 11.5. The first-order chi connectivity index (χ1) is 7.58. The maximum Gasteiger partial charge on any atom is 0.254 e. The van der Waals surface area contributed by atoms with Gasteiger partial charge in [-0.25, -0.2) is 0 Å². The van der Waals surface area contributed by atoms with Crippen molar-refractivity contribution in [2.24, 2.45) is 11.8 Å². The number of amides is 2. The molecule has 1 heterocycles. The Labute approximate surface area is 96.3 Å². The molecule has 0 aromatic heterocycles. The summed E-state index contributed by atoms with van der Waals surface area (Å²) in [5.41, 5.74) is 1.98. The van der Waals surface area contributed by atoms with E-state index in [2.05, 4.69) is 19.2 Å². The van der Waals surface area contributed by atoms with Gasteiger partial charge in [0.05, 0.1) is 6.42 Å². The number of allylic oxidation sites excluding steroid dienone is 1. The molecule has 2 fully saturated rings. The van der Waals surface area contributed by atoms with Crippen LogP contribution >= 0.6 is 0 Å². The lowest BCUT2D eigenvalue weighted by Crippen LogP contribution is -2.20. The summed E-state index contributed by atoms with van der Waals surface area (Å²) in [6, 6.07) is 0. The van der Waals surface area contributed by atoms with Crippen LogP contribution in [0.3, 0.4) is 0 Å². The van der Waals surface area contributed by atoms with Crippen molar-refractivity contribution in [2.45, 2.75) is 46.0 Å². The summed E-state index contributed by atoms with van der Waals surface area (Å²) in [6.45, 7) is 4.52. The molecule has 2 amide bonds. The lowest BCUT2D eigenvalue weighted by atomic mass is 9.78. The topological polar surface area (TPSA) is 46.2 Å². The van der Waals surface area contributed by atoms with Crippen LogP contribution in [0.25, 0.3) is 0 Å². The number of rotatable bonds is 1. The van der Waals surface area contributed by atoms with E-state index in [4.69, 9.17) is 0 Å². The molecule has 0 spiro atoms. The molecular weight excluding hydrogens is 202 g/mol. The van der Waals surface area contributed by atoms with Gasteiger partial charge < -0.3 is 0 Å². The van der Waals surface area contributed by atoms with Gasteiger partial charge in [-0.05, 0) is 37.5 Å². The van der Waals surface area contributed by atoms with Crippen LogP contribution in [0.1, 0.15) is 46.0 Å². The minimum atomic E-state index is -0.150. The van der Waals surface area contributed by atoms with Crippen LogP contribution in [-0.4, -0.2) is 11.8 Å². The van der Waals surface area contributed by atoms with Crippen molar-refractivity contribution < 1.29 is 9.59 Å². The van der Waals surface area contributed by atoms with Crippen LogP contribution in [0.5, 0.6) is 0 Å². The first kappa shape index (κ1) is 11.4. The highest BCUT2D eigenvalue weighted by atomic mass is 16.2. The van der Waals surface area contributed by atoms with E-state index in [1.165, 1.54) is 5.57 Å². The van der Waals surface area contributed by atoms with Crippen LogP contribution in [0.2, 0.25) is 0 Å². The molecule has 0 unspecified atom stereocenters. The van der Waals surface area contributed by atoms with E-state index >= 15 is 0 Å². The first-order valence-electron chi connectivity index (χ1n) is 6.13. The van der Waals surface area contributed by atoms with E-state index in [0.29, 0.717) is 6.42 Å². The van der Waals surface area contributed by atoms with Crippen molar-refractivity contribution in [3.8, 4) is 0 Å². The van der Waals surface area contributed by atoms with Crippen molar-refractivity contribution >= 4 is 11.8 Å². The molecule has 0 aromatic carbocycles. The van der Waals surface area contributed by atoms with Crippen LogP contribution in [-0.2, 0) is 9.59 Å². The van der Waals surface area contributed by atoms with Crippen LogP contribution in [0, 0.1) is 11.8 Å². The van der Waals surface area contributed by atoms with Gasteiger partial charge in [0.1, 0.15) is 0 Å². The predicted octanol–water partition coefficient (Wildman–Crippen LogP) is 2.18. The lowest BCUT2D eigenvalue weighted by Gasteiger charge is -2.27. The van der Waals surface area contributed by atoms with E-state index in [1.807, 2.05) is 0 Å². The fraction of sp³-hybridized carbons (Fsp3) is 0.692. The van der Waals surface area contributed by atoms with Crippen molar-refractivity contribution in [1.82, 2.24) is 5.32 Å². The lowest BCUT2D eigenvalue weighted by molar-refractivity contribution is -0.124. The molecule has 88 valence electrons. The predicted molar refractivity (Wildman–Crippen MR) is 61.6 cm³/mol. The summed E-state index contributed by atoms with van der Waals surface area (Å²) in [5, 5.41) is 2.36. The third-order valence-electron chi connectivity index (χ3n) is 3.87. The standard InChI is InChI=1S/C13H19NO2/c1-8(2)9-3-5-10(6-4-9)11-7-12(15)14-13(11)16/h8-9H,3-7H2,1-2H3,(H,14,15,16). The monoisotopic (exact) mass is 221 g/mol. The van der Waals surface area contributed by atoms with E-state index in [1.54, 1.807) is 0 Å². The Morgan fingerprint density at radius 1 is 1.19 bits per heavy atom. The van der Waals surface area contributed by atoms with Crippen LogP contribution < -0.4 is 5.32 Å². The molecule has 3 heteroatoms. The molecule has 1 N–H and O–H groups in total. The Morgan fingerprint density at radius 2 is 1.81 bits per heavy atom. The Morgan fingerprint density at radius 3 is 2.25 bits per heavy atom. The number of carbonyl (C=O) groups excluding carboxylic acids is 2. The van der Waals surface area contributed by atoms with Gasteiger partial charge in [-0.2, -0.15) is 0 Å². The normalized spacial score (nSPS) is 26.6. The molecule has 1 aliphatic heterocycles. The SMILES string of the molecule is CC(C)C1CCC(=C2CC(=O)NC2=O)CC1. The van der Waals surface area contributed by atoms with E-state index in [9.17, 15) is 9.59 Å². The van der Waals surface area contributed by atoms with E-state index in [-0.39, 0.29) is 11.8 Å². The van der Waals surface area contributed by atoms with E-state index in [0.717, 1.165) is 43.1 Å². The highest BCUT2D eigenvalue weighted by molar-refractivity contribution is 6.13. The highest BCUT2D eigenvalue weighted by Gasteiger charge is 2.29. The van der Waals surface area contributed by atoms with Crippen molar-refractivity contribution in [3.63, 3.8) is 0 Å². The average molecular weight is 221 g/mol. The molecule has 2 aliphatic rings. The van der Waals surface area contributed by atoms with Gasteiger partial charge in [-0.3, -0.25) is 14.9 Å². The number of hydrogen-bond acceptors (Lipinski definition) is 2. The smallest absolute Gasteiger partial charge is 0.254 e. The number of hydrogen-bond donors (Lipinski definition) is 1. The molecule has 2 rings (SSSR count). The molecule has 0 atom stereocenters. The average Bonchev–Trinajstić information content (AvgIpc) is 2.58. The Kier molecular flexibility index (Phi) is 3.13. The number of nitrogens with one attached hydrogen (secondary N) is 1. The second kappa shape index (κ2) is 4.40. The first-order valence-corrected chi connectivity index (χ1v) is 6.13. The molecule has 1 aliphatic carbocycles. The molecule has 0 bridgehead atoms. The molecule has 1 saturated carbocycles. The van der Waals surface area contributed by atoms with Gasteiger partial charge in [0.2, 0.25) is 5.91 Å². The van der Waals surface area contributed by atoms with Gasteiger partial charge in [-0.15, -0.1) is 0 Å². The van der Waals surface area contributed by atoms with Gasteiger partial charge in [0.25, 0.3) is 5.91 Å². The van der Waals surface area contributed by atoms with Crippen LogP contribution in [0.15, 0.2) is 11.1 Å². The summed E-state index contributed by atoms with van der Waals surface area (Å²) < 4.78 is 0. The van der Waals surface area contributed by atoms with Crippen molar-refractivity contribution in [1.29, 1.82) is 0 Å². The minimum Gasteiger partial charge on any atom is -0.292 e. The van der Waals surface area contributed by atoms with Crippen LogP contribution in [0.4, 0.5) is 0 Å². The third-order valence-corrected chi connectivity index (χ3v) is 3.87. The summed E-state index contributed by atoms with van der Waals surface area (Å²) >= 11 is 0. The second-order valence-corrected chi connectivity index (χ2v) is 5.22. The van der Waals surface area contributed by atoms with Gasteiger partial charge in [0, 0.05) is 5.57 Å². The van der Waals surface area contributed by atoms with Crippen molar-refractivity contribution in [3.05, 3.63) is 11.1 Å². The van der Waals surface area contributed by atoms with Crippen molar-refractivity contribution in [2.75, 3.05) is 0 Å². The quantitative estimate of drug-likeness (QED) is 0.545. The second-order valence-electron chi connectivity index (χ2n) is 5.22. The Balaban J connectivity index is 2.06. The molecule has 0 aromatic rings. The molecule has 16 heavy (non-hydrogen) atoms. The molecule has 1 saturated heterocycles. The van der Waals surface area contributed by atoms with Gasteiger partial charge in [0.15, 0.2) is 0 Å². The van der Waals surface area contributed by atoms with E-state index < -0.39 is 0 Å². The zero-order valence-electron chi connectivity index (χ0n) is 10.0. The fourth-order valence-corrected chi connectivity index (χ4v) is 2.73.